The highest BCUT2D eigenvalue weighted by atomic mass is 35.5. The lowest BCUT2D eigenvalue weighted by atomic mass is 10.1. The summed E-state index contributed by atoms with van der Waals surface area (Å²) in [5.41, 5.74) is 5.27. The van der Waals surface area contributed by atoms with Crippen molar-refractivity contribution in [3.05, 3.63) is 0 Å². The molecule has 1 aliphatic heterocycles. The van der Waals surface area contributed by atoms with Crippen LogP contribution in [0.5, 0.6) is 0 Å². The third-order valence-electron chi connectivity index (χ3n) is 1.53. The Kier molecular flexibility index (Phi) is 2.88. The first-order chi connectivity index (χ1) is 5.59. The molecule has 0 bridgehead atoms. The second-order valence-corrected chi connectivity index (χ2v) is 3.02. The number of carbonyl (C=O) groups is 1. The van der Waals surface area contributed by atoms with E-state index in [1.807, 2.05) is 0 Å². The summed E-state index contributed by atoms with van der Waals surface area (Å²) in [6.07, 6.45) is 0.390. The fourth-order valence-corrected chi connectivity index (χ4v) is 1.12. The standard InChI is InChI=1S/C6H9ClN2O3/c7-5-2-3(12-9-5)1-4(8)6(10)11/h3-4H,1-2,8H2,(H,10,11)/t3?,4-/m0/s1. The van der Waals surface area contributed by atoms with Crippen molar-refractivity contribution in [1.82, 2.24) is 0 Å². The van der Waals surface area contributed by atoms with E-state index in [2.05, 4.69) is 5.16 Å². The first kappa shape index (κ1) is 9.28. The van der Waals surface area contributed by atoms with Gasteiger partial charge in [-0.3, -0.25) is 4.79 Å². The molecule has 0 saturated heterocycles. The van der Waals surface area contributed by atoms with Crippen LogP contribution in [-0.4, -0.2) is 28.4 Å². The Morgan fingerprint density at radius 2 is 2.67 bits per heavy atom. The number of nitrogens with two attached hydrogens (primary N) is 1. The third kappa shape index (κ3) is 2.35. The summed E-state index contributed by atoms with van der Waals surface area (Å²) in [4.78, 5) is 15.1. The largest absolute Gasteiger partial charge is 0.480 e. The first-order valence-corrected chi connectivity index (χ1v) is 3.84. The Morgan fingerprint density at radius 3 is 3.08 bits per heavy atom. The molecule has 1 heterocycles. The van der Waals surface area contributed by atoms with Crippen molar-refractivity contribution in [3.63, 3.8) is 0 Å². The van der Waals surface area contributed by atoms with Crippen LogP contribution in [0.15, 0.2) is 5.16 Å². The van der Waals surface area contributed by atoms with Crippen LogP contribution in [0.4, 0.5) is 0 Å². The van der Waals surface area contributed by atoms with E-state index < -0.39 is 12.0 Å². The Bertz CT molecular complexity index is 219. The minimum absolute atomic E-state index is 0.231. The summed E-state index contributed by atoms with van der Waals surface area (Å²) in [6, 6.07) is -0.909. The lowest BCUT2D eigenvalue weighted by Gasteiger charge is -2.10. The highest BCUT2D eigenvalue weighted by Crippen LogP contribution is 2.16. The predicted octanol–water partition coefficient (Wildman–Crippen LogP) is 0.130. The zero-order chi connectivity index (χ0) is 9.14. The third-order valence-corrected chi connectivity index (χ3v) is 1.75. The molecule has 0 saturated carbocycles. The van der Waals surface area contributed by atoms with Gasteiger partial charge in [0.05, 0.1) is 0 Å². The number of hydrogen-bond donors (Lipinski definition) is 2. The van der Waals surface area contributed by atoms with Crippen molar-refractivity contribution in [2.75, 3.05) is 0 Å². The number of nitrogens with zero attached hydrogens (tertiary/aromatic N) is 1. The van der Waals surface area contributed by atoms with Crippen molar-refractivity contribution < 1.29 is 14.7 Å². The van der Waals surface area contributed by atoms with Gasteiger partial charge in [-0.15, -0.1) is 0 Å². The molecule has 12 heavy (non-hydrogen) atoms. The SMILES string of the molecule is N[C@@H](CC1CC(Cl)=NO1)C(=O)O. The van der Waals surface area contributed by atoms with E-state index in [1.54, 1.807) is 0 Å². The monoisotopic (exact) mass is 192 g/mol. The van der Waals surface area contributed by atoms with Gasteiger partial charge in [0.15, 0.2) is 0 Å². The predicted molar refractivity (Wildman–Crippen MR) is 43.0 cm³/mol. The Labute approximate surface area is 74.1 Å². The smallest absolute Gasteiger partial charge is 0.320 e. The molecule has 2 atom stereocenters. The van der Waals surface area contributed by atoms with Gasteiger partial charge in [-0.1, -0.05) is 16.8 Å². The normalized spacial score (nSPS) is 24.5. The average molecular weight is 193 g/mol. The molecule has 0 amide bonds. The maximum atomic E-state index is 10.3. The van der Waals surface area contributed by atoms with E-state index >= 15 is 0 Å². The molecule has 3 N–H and O–H groups in total. The molecule has 0 radical (unpaired) electrons. The van der Waals surface area contributed by atoms with Gasteiger partial charge in [-0.25, -0.2) is 0 Å². The van der Waals surface area contributed by atoms with Gasteiger partial charge in [0, 0.05) is 12.8 Å². The summed E-state index contributed by atoms with van der Waals surface area (Å²) in [5, 5.41) is 12.3. The van der Waals surface area contributed by atoms with Gasteiger partial charge >= 0.3 is 5.97 Å². The van der Waals surface area contributed by atoms with Crippen LogP contribution in [0.2, 0.25) is 0 Å². The Balaban J connectivity index is 2.30. The quantitative estimate of drug-likeness (QED) is 0.666. The number of carboxylic acids is 1. The molecular formula is C6H9ClN2O3. The van der Waals surface area contributed by atoms with Crippen molar-refractivity contribution in [3.8, 4) is 0 Å². The maximum absolute atomic E-state index is 10.3. The van der Waals surface area contributed by atoms with Gasteiger partial charge < -0.3 is 15.7 Å². The lowest BCUT2D eigenvalue weighted by Crippen LogP contribution is -2.33. The van der Waals surface area contributed by atoms with E-state index in [-0.39, 0.29) is 12.5 Å². The Morgan fingerprint density at radius 1 is 2.00 bits per heavy atom. The summed E-state index contributed by atoms with van der Waals surface area (Å²) in [5.74, 6) is -1.04. The van der Waals surface area contributed by atoms with Crippen molar-refractivity contribution in [2.24, 2.45) is 10.9 Å². The molecule has 5 nitrogen and oxygen atoms in total. The van der Waals surface area contributed by atoms with E-state index in [9.17, 15) is 4.79 Å². The van der Waals surface area contributed by atoms with Crippen LogP contribution >= 0.6 is 11.6 Å². The van der Waals surface area contributed by atoms with Crippen LogP contribution < -0.4 is 5.73 Å². The molecular weight excluding hydrogens is 184 g/mol. The molecule has 0 spiro atoms. The van der Waals surface area contributed by atoms with Gasteiger partial charge in [0.2, 0.25) is 0 Å². The zero-order valence-electron chi connectivity index (χ0n) is 6.24. The number of rotatable bonds is 3. The highest BCUT2D eigenvalue weighted by Gasteiger charge is 2.25. The second kappa shape index (κ2) is 3.73. The van der Waals surface area contributed by atoms with Gasteiger partial charge in [-0.2, -0.15) is 0 Å². The summed E-state index contributed by atoms with van der Waals surface area (Å²) in [6.45, 7) is 0. The van der Waals surface area contributed by atoms with Crippen LogP contribution in [0.1, 0.15) is 12.8 Å². The van der Waals surface area contributed by atoms with E-state index in [1.165, 1.54) is 0 Å². The Hall–Kier alpha value is -0.810. The fraction of sp³-hybridized carbons (Fsp3) is 0.667. The molecule has 68 valence electrons. The molecule has 0 aromatic carbocycles. The van der Waals surface area contributed by atoms with Crippen LogP contribution in [0.25, 0.3) is 0 Å². The number of halogens is 1. The molecule has 0 aromatic rings. The van der Waals surface area contributed by atoms with Gasteiger partial charge in [0.1, 0.15) is 17.3 Å². The first-order valence-electron chi connectivity index (χ1n) is 3.46. The van der Waals surface area contributed by atoms with Crippen molar-refractivity contribution >= 4 is 22.7 Å². The van der Waals surface area contributed by atoms with Crippen LogP contribution in [-0.2, 0) is 9.63 Å². The molecule has 0 aliphatic carbocycles. The number of hydrogen-bond acceptors (Lipinski definition) is 4. The zero-order valence-corrected chi connectivity index (χ0v) is 6.99. The summed E-state index contributed by atoms with van der Waals surface area (Å²) >= 11 is 5.51. The molecule has 0 aromatic heterocycles. The fourth-order valence-electron chi connectivity index (χ4n) is 0.905. The summed E-state index contributed by atoms with van der Waals surface area (Å²) in [7, 11) is 0. The lowest BCUT2D eigenvalue weighted by molar-refractivity contribution is -0.139. The summed E-state index contributed by atoms with van der Waals surface area (Å²) < 4.78 is 0. The number of aliphatic carboxylic acids is 1. The second-order valence-electron chi connectivity index (χ2n) is 2.58. The van der Waals surface area contributed by atoms with Crippen molar-refractivity contribution in [2.45, 2.75) is 25.0 Å². The molecule has 1 unspecified atom stereocenters. The van der Waals surface area contributed by atoms with Crippen molar-refractivity contribution in [1.29, 1.82) is 0 Å². The van der Waals surface area contributed by atoms with Gasteiger partial charge in [0.25, 0.3) is 0 Å². The molecule has 1 rings (SSSR count). The minimum atomic E-state index is -1.04. The van der Waals surface area contributed by atoms with Crippen LogP contribution in [0, 0.1) is 0 Å². The topological polar surface area (TPSA) is 84.9 Å². The molecule has 1 aliphatic rings. The maximum Gasteiger partial charge on any atom is 0.320 e. The van der Waals surface area contributed by atoms with E-state index in [4.69, 9.17) is 27.3 Å². The van der Waals surface area contributed by atoms with Crippen LogP contribution in [0.3, 0.4) is 0 Å². The number of carboxylic acid groups (broad SMARTS) is 1. The average Bonchev–Trinajstić information content (AvgIpc) is 2.35. The molecule has 6 heteroatoms. The number of oxime groups is 1. The minimum Gasteiger partial charge on any atom is -0.480 e. The molecule has 0 fully saturated rings. The van der Waals surface area contributed by atoms with E-state index in [0.717, 1.165) is 0 Å². The van der Waals surface area contributed by atoms with E-state index in [0.29, 0.717) is 11.6 Å². The van der Waals surface area contributed by atoms with Gasteiger partial charge in [-0.05, 0) is 0 Å². The highest BCUT2D eigenvalue weighted by molar-refractivity contribution is 6.65.